The van der Waals surface area contributed by atoms with Gasteiger partial charge in [0.05, 0.1) is 6.54 Å². The van der Waals surface area contributed by atoms with Crippen molar-refractivity contribution < 1.29 is 9.59 Å². The number of piperidine rings is 1. The number of rotatable bonds is 5. The van der Waals surface area contributed by atoms with Gasteiger partial charge in [0.2, 0.25) is 11.8 Å². The minimum absolute atomic E-state index is 0.00690. The Hall–Kier alpha value is -1.95. The molecule has 6 heteroatoms. The molecule has 0 atom stereocenters. The number of carbonyl (C=O) groups excluding carboxylic acids is 2. The summed E-state index contributed by atoms with van der Waals surface area (Å²) in [6.07, 6.45) is 5.72. The highest BCUT2D eigenvalue weighted by Crippen LogP contribution is 2.44. The first-order valence-corrected chi connectivity index (χ1v) is 10.0. The molecular weight excluding hydrogens is 340 g/mol. The van der Waals surface area contributed by atoms with Gasteiger partial charge in [0.15, 0.2) is 0 Å². The van der Waals surface area contributed by atoms with E-state index in [1.54, 1.807) is 6.20 Å². The van der Waals surface area contributed by atoms with Gasteiger partial charge in [-0.3, -0.25) is 19.5 Å². The van der Waals surface area contributed by atoms with Gasteiger partial charge in [-0.25, -0.2) is 0 Å². The fourth-order valence-corrected chi connectivity index (χ4v) is 3.82. The summed E-state index contributed by atoms with van der Waals surface area (Å²) >= 11 is 0. The molecule has 0 spiro atoms. The summed E-state index contributed by atoms with van der Waals surface area (Å²) in [7, 11) is 0. The number of anilines is 1. The highest BCUT2D eigenvalue weighted by atomic mass is 16.2. The molecule has 2 aliphatic rings. The van der Waals surface area contributed by atoms with Crippen molar-refractivity contribution in [1.29, 1.82) is 0 Å². The van der Waals surface area contributed by atoms with E-state index >= 15 is 0 Å². The maximum Gasteiger partial charge on any atom is 0.234 e. The molecular formula is C21H32N4O2. The molecule has 2 N–H and O–H groups in total. The summed E-state index contributed by atoms with van der Waals surface area (Å²) in [6, 6.07) is 1.92. The van der Waals surface area contributed by atoms with Crippen LogP contribution in [0.5, 0.6) is 0 Å². The molecule has 2 amide bonds. The van der Waals surface area contributed by atoms with E-state index in [2.05, 4.69) is 20.5 Å². The Morgan fingerprint density at radius 2 is 1.85 bits per heavy atom. The van der Waals surface area contributed by atoms with E-state index in [1.165, 1.54) is 18.4 Å². The Kier molecular flexibility index (Phi) is 5.84. The first-order chi connectivity index (χ1) is 12.7. The molecule has 1 saturated carbocycles. The third-order valence-corrected chi connectivity index (χ3v) is 5.27. The van der Waals surface area contributed by atoms with Crippen LogP contribution in [0.2, 0.25) is 0 Å². The van der Waals surface area contributed by atoms with Crippen molar-refractivity contribution in [2.24, 2.45) is 5.92 Å². The Labute approximate surface area is 162 Å². The summed E-state index contributed by atoms with van der Waals surface area (Å²) in [6.45, 7) is 9.93. The molecule has 1 aromatic rings. The second-order valence-electron chi connectivity index (χ2n) is 8.97. The molecule has 1 aliphatic heterocycles. The largest absolute Gasteiger partial charge is 0.350 e. The van der Waals surface area contributed by atoms with Crippen LogP contribution < -0.4 is 10.6 Å². The fraction of sp³-hybridized carbons (Fsp3) is 0.667. The summed E-state index contributed by atoms with van der Waals surface area (Å²) in [5.74, 6) is 0.706. The Bertz CT molecular complexity index is 699. The summed E-state index contributed by atoms with van der Waals surface area (Å²) < 4.78 is 0. The zero-order valence-electron chi connectivity index (χ0n) is 17.0. The van der Waals surface area contributed by atoms with E-state index in [-0.39, 0.29) is 23.3 Å². The normalized spacial score (nSPS) is 19.0. The number of carbonyl (C=O) groups is 2. The van der Waals surface area contributed by atoms with E-state index in [9.17, 15) is 9.59 Å². The van der Waals surface area contributed by atoms with Crippen LogP contribution in [0.3, 0.4) is 0 Å². The van der Waals surface area contributed by atoms with E-state index in [4.69, 9.17) is 0 Å². The van der Waals surface area contributed by atoms with Crippen molar-refractivity contribution in [1.82, 2.24) is 15.2 Å². The molecule has 1 aliphatic carbocycles. The van der Waals surface area contributed by atoms with Gasteiger partial charge in [0.25, 0.3) is 0 Å². The molecule has 27 heavy (non-hydrogen) atoms. The van der Waals surface area contributed by atoms with Gasteiger partial charge in [0.1, 0.15) is 0 Å². The lowest BCUT2D eigenvalue weighted by molar-refractivity contribution is -0.124. The van der Waals surface area contributed by atoms with Gasteiger partial charge in [-0.1, -0.05) is 0 Å². The third kappa shape index (κ3) is 5.51. The zero-order valence-corrected chi connectivity index (χ0v) is 17.0. The van der Waals surface area contributed by atoms with Crippen molar-refractivity contribution >= 4 is 17.5 Å². The van der Waals surface area contributed by atoms with Crippen LogP contribution in [0, 0.1) is 12.8 Å². The number of likely N-dealkylation sites (tertiary alicyclic amines) is 1. The minimum atomic E-state index is -0.211. The highest BCUT2D eigenvalue weighted by Gasteiger charge is 2.31. The van der Waals surface area contributed by atoms with Crippen LogP contribution >= 0.6 is 0 Å². The maximum atomic E-state index is 12.8. The number of pyridine rings is 1. The van der Waals surface area contributed by atoms with Crippen molar-refractivity contribution in [3.63, 3.8) is 0 Å². The van der Waals surface area contributed by atoms with Crippen LogP contribution in [0.15, 0.2) is 12.3 Å². The number of hydrogen-bond donors (Lipinski definition) is 2. The monoisotopic (exact) mass is 372 g/mol. The molecule has 2 fully saturated rings. The number of aromatic nitrogens is 1. The fourth-order valence-electron chi connectivity index (χ4n) is 3.82. The number of nitrogens with one attached hydrogen (secondary N) is 2. The molecule has 0 aromatic carbocycles. The van der Waals surface area contributed by atoms with Crippen molar-refractivity contribution in [3.8, 4) is 0 Å². The van der Waals surface area contributed by atoms with Crippen molar-refractivity contribution in [2.45, 2.75) is 64.8 Å². The predicted octanol–water partition coefficient (Wildman–Crippen LogP) is 2.83. The Balaban J connectivity index is 1.51. The van der Waals surface area contributed by atoms with Crippen LogP contribution in [0.4, 0.5) is 5.69 Å². The topological polar surface area (TPSA) is 74.3 Å². The van der Waals surface area contributed by atoms with Gasteiger partial charge in [-0.05, 0) is 84.0 Å². The second kappa shape index (κ2) is 7.97. The van der Waals surface area contributed by atoms with Gasteiger partial charge in [0, 0.05) is 29.0 Å². The van der Waals surface area contributed by atoms with Gasteiger partial charge >= 0.3 is 0 Å². The molecule has 2 heterocycles. The highest BCUT2D eigenvalue weighted by molar-refractivity contribution is 5.93. The maximum absolute atomic E-state index is 12.8. The van der Waals surface area contributed by atoms with Crippen LogP contribution in [0.25, 0.3) is 0 Å². The molecule has 0 unspecified atom stereocenters. The van der Waals surface area contributed by atoms with E-state index in [0.717, 1.165) is 37.3 Å². The lowest BCUT2D eigenvalue weighted by Gasteiger charge is -2.32. The molecule has 0 bridgehead atoms. The number of aryl methyl sites for hydroxylation is 1. The molecule has 1 saturated heterocycles. The van der Waals surface area contributed by atoms with E-state index in [1.807, 2.05) is 33.8 Å². The number of amides is 2. The Morgan fingerprint density at radius 3 is 2.44 bits per heavy atom. The van der Waals surface area contributed by atoms with Gasteiger partial charge in [-0.15, -0.1) is 0 Å². The Morgan fingerprint density at radius 1 is 1.19 bits per heavy atom. The third-order valence-electron chi connectivity index (χ3n) is 5.27. The molecule has 148 valence electrons. The smallest absolute Gasteiger partial charge is 0.234 e. The summed E-state index contributed by atoms with van der Waals surface area (Å²) in [5, 5.41) is 6.15. The number of nitrogens with zero attached hydrogens (tertiary/aromatic N) is 2. The minimum Gasteiger partial charge on any atom is -0.350 e. The SMILES string of the molecule is Cc1nccc(NC(=O)C2CCN(CC(=O)NC(C)(C)C)CC2)c1C1CC1. The van der Waals surface area contributed by atoms with Crippen molar-refractivity contribution in [3.05, 3.63) is 23.5 Å². The van der Waals surface area contributed by atoms with E-state index < -0.39 is 0 Å². The quantitative estimate of drug-likeness (QED) is 0.833. The summed E-state index contributed by atoms with van der Waals surface area (Å²) in [5.41, 5.74) is 2.95. The molecule has 3 rings (SSSR count). The first-order valence-electron chi connectivity index (χ1n) is 10.0. The number of hydrogen-bond acceptors (Lipinski definition) is 4. The second-order valence-corrected chi connectivity index (χ2v) is 8.97. The average molecular weight is 373 g/mol. The van der Waals surface area contributed by atoms with E-state index in [0.29, 0.717) is 12.5 Å². The zero-order chi connectivity index (χ0) is 19.6. The standard InChI is InChI=1S/C21H32N4O2/c1-14-19(15-5-6-15)17(7-10-22-14)23-20(27)16-8-11-25(12-9-16)13-18(26)24-21(2,3)4/h7,10,15-16H,5-6,8-9,11-13H2,1-4H3,(H,24,26)(H,22,23,27). The van der Waals surface area contributed by atoms with Crippen molar-refractivity contribution in [2.75, 3.05) is 25.0 Å². The summed E-state index contributed by atoms with van der Waals surface area (Å²) in [4.78, 5) is 31.4. The average Bonchev–Trinajstić information content (AvgIpc) is 3.38. The van der Waals surface area contributed by atoms with Crippen LogP contribution in [-0.4, -0.2) is 46.9 Å². The predicted molar refractivity (Wildman–Crippen MR) is 107 cm³/mol. The first kappa shape index (κ1) is 19.8. The van der Waals surface area contributed by atoms with Gasteiger partial charge < -0.3 is 10.6 Å². The lowest BCUT2D eigenvalue weighted by atomic mass is 9.95. The molecule has 0 radical (unpaired) electrons. The lowest BCUT2D eigenvalue weighted by Crippen LogP contribution is -2.48. The van der Waals surface area contributed by atoms with Gasteiger partial charge in [-0.2, -0.15) is 0 Å². The molecule has 1 aromatic heterocycles. The van der Waals surface area contributed by atoms with Crippen LogP contribution in [0.1, 0.15) is 63.6 Å². The van der Waals surface area contributed by atoms with Crippen LogP contribution in [-0.2, 0) is 9.59 Å². The molecule has 6 nitrogen and oxygen atoms in total.